The van der Waals surface area contributed by atoms with Crippen LogP contribution in [0.15, 0.2) is 30.3 Å². The summed E-state index contributed by atoms with van der Waals surface area (Å²) in [5.41, 5.74) is 1.50. The van der Waals surface area contributed by atoms with E-state index in [1.165, 1.54) is 18.4 Å². The van der Waals surface area contributed by atoms with Gasteiger partial charge in [0.1, 0.15) is 0 Å². The van der Waals surface area contributed by atoms with Crippen molar-refractivity contribution in [2.24, 2.45) is 11.8 Å². The Morgan fingerprint density at radius 3 is 2.45 bits per heavy atom. The maximum Gasteiger partial charge on any atom is -0.0248 e. The van der Waals surface area contributed by atoms with Crippen LogP contribution >= 0.6 is 0 Å². The van der Waals surface area contributed by atoms with Crippen molar-refractivity contribution in [3.63, 3.8) is 0 Å². The molecule has 1 aromatic rings. The third kappa shape index (κ3) is 1.62. The Balaban J connectivity index is 1.97. The second-order valence-electron chi connectivity index (χ2n) is 3.66. The van der Waals surface area contributed by atoms with Gasteiger partial charge < -0.3 is 0 Å². The first-order chi connectivity index (χ1) is 5.36. The summed E-state index contributed by atoms with van der Waals surface area (Å²) in [5.74, 6) is 1.97. The van der Waals surface area contributed by atoms with Gasteiger partial charge in [-0.15, -0.1) is 0 Å². The fraction of sp³-hybridized carbons (Fsp3) is 0.455. The second kappa shape index (κ2) is 2.69. The van der Waals surface area contributed by atoms with Crippen molar-refractivity contribution in [3.05, 3.63) is 35.9 Å². The van der Waals surface area contributed by atoms with Crippen LogP contribution in [0.3, 0.4) is 0 Å². The van der Waals surface area contributed by atoms with Crippen molar-refractivity contribution in [2.75, 3.05) is 0 Å². The van der Waals surface area contributed by atoms with Crippen molar-refractivity contribution in [2.45, 2.75) is 19.8 Å². The van der Waals surface area contributed by atoms with E-state index in [0.29, 0.717) is 0 Å². The number of rotatable bonds is 2. The summed E-state index contributed by atoms with van der Waals surface area (Å²) in [5, 5.41) is 0. The number of hydrogen-bond donors (Lipinski definition) is 0. The molecule has 0 heterocycles. The van der Waals surface area contributed by atoms with E-state index in [-0.39, 0.29) is 0 Å². The predicted molar refractivity (Wildman–Crippen MR) is 47.4 cm³/mol. The first-order valence-corrected chi connectivity index (χ1v) is 4.40. The molecule has 58 valence electrons. The van der Waals surface area contributed by atoms with Crippen LogP contribution in [-0.2, 0) is 6.42 Å². The lowest BCUT2D eigenvalue weighted by atomic mass is 10.1. The Morgan fingerprint density at radius 2 is 1.91 bits per heavy atom. The third-order valence-corrected chi connectivity index (χ3v) is 2.62. The van der Waals surface area contributed by atoms with Gasteiger partial charge in [0.25, 0.3) is 0 Å². The highest BCUT2D eigenvalue weighted by Crippen LogP contribution is 2.40. The van der Waals surface area contributed by atoms with Gasteiger partial charge in [-0.05, 0) is 30.2 Å². The third-order valence-electron chi connectivity index (χ3n) is 2.62. The van der Waals surface area contributed by atoms with Crippen LogP contribution in [0.5, 0.6) is 0 Å². The van der Waals surface area contributed by atoms with Crippen LogP contribution < -0.4 is 0 Å². The van der Waals surface area contributed by atoms with Gasteiger partial charge in [0.2, 0.25) is 0 Å². The molecular weight excluding hydrogens is 132 g/mol. The van der Waals surface area contributed by atoms with Crippen LogP contribution in [-0.4, -0.2) is 0 Å². The summed E-state index contributed by atoms with van der Waals surface area (Å²) < 4.78 is 0. The van der Waals surface area contributed by atoms with Gasteiger partial charge in [-0.1, -0.05) is 37.3 Å². The summed E-state index contributed by atoms with van der Waals surface area (Å²) in [6.07, 6.45) is 2.73. The average Bonchev–Trinajstić information content (AvgIpc) is 2.69. The molecule has 0 radical (unpaired) electrons. The standard InChI is InChI=1S/C11H14/c1-9-7-11(9)8-10-5-3-2-4-6-10/h2-6,9,11H,7-8H2,1H3/t9-,11?/m0/s1. The Bertz CT molecular complexity index is 225. The van der Waals surface area contributed by atoms with Crippen molar-refractivity contribution in [1.82, 2.24) is 0 Å². The highest BCUT2D eigenvalue weighted by molar-refractivity contribution is 5.16. The molecule has 1 saturated carbocycles. The molecule has 1 fully saturated rings. The predicted octanol–water partition coefficient (Wildman–Crippen LogP) is 2.89. The van der Waals surface area contributed by atoms with Crippen molar-refractivity contribution >= 4 is 0 Å². The van der Waals surface area contributed by atoms with Gasteiger partial charge in [-0.2, -0.15) is 0 Å². The lowest BCUT2D eigenvalue weighted by Gasteiger charge is -1.97. The van der Waals surface area contributed by atoms with E-state index in [1.54, 1.807) is 0 Å². The SMILES string of the molecule is C[C@H]1CC1Cc1ccccc1. The Hall–Kier alpha value is -0.780. The van der Waals surface area contributed by atoms with E-state index in [2.05, 4.69) is 37.3 Å². The second-order valence-corrected chi connectivity index (χ2v) is 3.66. The Kier molecular flexibility index (Phi) is 1.69. The molecule has 1 aliphatic carbocycles. The minimum Gasteiger partial charge on any atom is -0.0622 e. The molecule has 11 heavy (non-hydrogen) atoms. The smallest absolute Gasteiger partial charge is 0.0248 e. The quantitative estimate of drug-likeness (QED) is 0.602. The molecule has 0 spiro atoms. The molecule has 0 saturated heterocycles. The zero-order valence-electron chi connectivity index (χ0n) is 6.96. The number of benzene rings is 1. The largest absolute Gasteiger partial charge is 0.0622 e. The maximum atomic E-state index is 2.34. The van der Waals surface area contributed by atoms with Gasteiger partial charge in [-0.25, -0.2) is 0 Å². The minimum absolute atomic E-state index is 0.982. The molecule has 0 aliphatic heterocycles. The van der Waals surface area contributed by atoms with Gasteiger partial charge in [0.15, 0.2) is 0 Å². The van der Waals surface area contributed by atoms with Crippen LogP contribution in [0.4, 0.5) is 0 Å². The van der Waals surface area contributed by atoms with Gasteiger partial charge in [0, 0.05) is 0 Å². The molecule has 0 heteroatoms. The van der Waals surface area contributed by atoms with Crippen LogP contribution in [0, 0.1) is 11.8 Å². The van der Waals surface area contributed by atoms with E-state index < -0.39 is 0 Å². The molecule has 2 rings (SSSR count). The van der Waals surface area contributed by atoms with Crippen molar-refractivity contribution in [1.29, 1.82) is 0 Å². The lowest BCUT2D eigenvalue weighted by molar-refractivity contribution is 0.747. The zero-order valence-corrected chi connectivity index (χ0v) is 6.96. The first-order valence-electron chi connectivity index (χ1n) is 4.40. The fourth-order valence-electron chi connectivity index (χ4n) is 1.60. The molecule has 0 N–H and O–H groups in total. The topological polar surface area (TPSA) is 0 Å². The molecule has 0 aromatic heterocycles. The molecule has 1 aliphatic rings. The summed E-state index contributed by atoms with van der Waals surface area (Å²) in [7, 11) is 0. The minimum atomic E-state index is 0.982. The average molecular weight is 146 g/mol. The lowest BCUT2D eigenvalue weighted by Crippen LogP contribution is -1.86. The molecule has 2 atom stereocenters. The monoisotopic (exact) mass is 146 g/mol. The molecule has 0 bridgehead atoms. The Morgan fingerprint density at radius 1 is 1.27 bits per heavy atom. The molecule has 1 unspecified atom stereocenters. The van der Waals surface area contributed by atoms with E-state index in [0.717, 1.165) is 11.8 Å². The summed E-state index contributed by atoms with van der Waals surface area (Å²) in [6, 6.07) is 10.8. The van der Waals surface area contributed by atoms with Crippen LogP contribution in [0.1, 0.15) is 18.9 Å². The zero-order chi connectivity index (χ0) is 7.68. The highest BCUT2D eigenvalue weighted by atomic mass is 14.4. The van der Waals surface area contributed by atoms with Crippen LogP contribution in [0.2, 0.25) is 0 Å². The van der Waals surface area contributed by atoms with Gasteiger partial charge >= 0.3 is 0 Å². The molecule has 0 amide bonds. The highest BCUT2D eigenvalue weighted by Gasteiger charge is 2.31. The molecule has 0 nitrogen and oxygen atoms in total. The molecule has 1 aromatic carbocycles. The van der Waals surface area contributed by atoms with E-state index >= 15 is 0 Å². The van der Waals surface area contributed by atoms with Crippen LogP contribution in [0.25, 0.3) is 0 Å². The maximum absolute atomic E-state index is 2.34. The normalized spacial score (nSPS) is 28.5. The van der Waals surface area contributed by atoms with Crippen molar-refractivity contribution < 1.29 is 0 Å². The summed E-state index contributed by atoms with van der Waals surface area (Å²) in [6.45, 7) is 2.34. The number of hydrogen-bond acceptors (Lipinski definition) is 0. The summed E-state index contributed by atoms with van der Waals surface area (Å²) >= 11 is 0. The summed E-state index contributed by atoms with van der Waals surface area (Å²) in [4.78, 5) is 0. The van der Waals surface area contributed by atoms with E-state index in [4.69, 9.17) is 0 Å². The van der Waals surface area contributed by atoms with Gasteiger partial charge in [0.05, 0.1) is 0 Å². The van der Waals surface area contributed by atoms with E-state index in [9.17, 15) is 0 Å². The fourth-order valence-corrected chi connectivity index (χ4v) is 1.60. The molecular formula is C11H14. The van der Waals surface area contributed by atoms with Crippen molar-refractivity contribution in [3.8, 4) is 0 Å². The Labute approximate surface area is 68.3 Å². The first kappa shape index (κ1) is 6.90. The van der Waals surface area contributed by atoms with E-state index in [1.807, 2.05) is 0 Å². The van der Waals surface area contributed by atoms with Gasteiger partial charge in [-0.3, -0.25) is 0 Å².